The number of nitrogens with one attached hydrogen (secondary N) is 1. The summed E-state index contributed by atoms with van der Waals surface area (Å²) >= 11 is 0. The number of hydrogen-bond acceptors (Lipinski definition) is 1. The number of unbranched alkanes of at least 4 members (excludes halogenated alkanes) is 1. The molecule has 1 aliphatic heterocycles. The molecule has 1 aromatic rings. The lowest BCUT2D eigenvalue weighted by atomic mass is 9.87. The molecule has 0 radical (unpaired) electrons. The highest BCUT2D eigenvalue weighted by Gasteiger charge is 2.28. The summed E-state index contributed by atoms with van der Waals surface area (Å²) < 4.78 is 0. The Labute approximate surface area is 108 Å². The zero-order chi connectivity index (χ0) is 13.3. The van der Waals surface area contributed by atoms with Gasteiger partial charge in [-0.1, -0.05) is 72.6 Å². The third-order valence-corrected chi connectivity index (χ3v) is 2.88. The number of fused-ring (bicyclic) bond motifs is 1. The molecule has 0 saturated carbocycles. The molecule has 0 unspecified atom stereocenters. The van der Waals surface area contributed by atoms with E-state index in [1.807, 2.05) is 13.8 Å². The van der Waals surface area contributed by atoms with Crippen LogP contribution in [0.5, 0.6) is 0 Å². The van der Waals surface area contributed by atoms with Crippen LogP contribution in [0.3, 0.4) is 0 Å². The average molecular weight is 235 g/mol. The molecular formula is C16H29N. The number of anilines is 1. The van der Waals surface area contributed by atoms with Crippen LogP contribution in [-0.2, 0) is 5.41 Å². The molecule has 1 aromatic carbocycles. The van der Waals surface area contributed by atoms with E-state index in [4.69, 9.17) is 0 Å². The maximum atomic E-state index is 3.39. The number of para-hydroxylation sites is 1. The number of hydrogen-bond donors (Lipinski definition) is 1. The summed E-state index contributed by atoms with van der Waals surface area (Å²) in [7, 11) is 0. The van der Waals surface area contributed by atoms with Crippen molar-refractivity contribution >= 4 is 5.69 Å². The maximum Gasteiger partial charge on any atom is 0.0379 e. The minimum absolute atomic E-state index is 0.316. The van der Waals surface area contributed by atoms with Gasteiger partial charge < -0.3 is 5.32 Å². The summed E-state index contributed by atoms with van der Waals surface area (Å²) in [4.78, 5) is 0. The zero-order valence-corrected chi connectivity index (χ0v) is 12.4. The van der Waals surface area contributed by atoms with E-state index in [0.29, 0.717) is 5.41 Å². The Morgan fingerprint density at radius 1 is 1.06 bits per heavy atom. The van der Waals surface area contributed by atoms with Crippen molar-refractivity contribution in [1.29, 1.82) is 0 Å². The fourth-order valence-corrected chi connectivity index (χ4v) is 1.64. The third-order valence-electron chi connectivity index (χ3n) is 2.88. The molecule has 1 aliphatic rings. The Bertz CT molecular complexity index is 300. The molecule has 0 spiro atoms. The van der Waals surface area contributed by atoms with E-state index in [2.05, 4.69) is 57.3 Å². The highest BCUT2D eigenvalue weighted by molar-refractivity contribution is 5.59. The molecule has 0 bridgehead atoms. The molecule has 0 aromatic heterocycles. The van der Waals surface area contributed by atoms with Gasteiger partial charge >= 0.3 is 0 Å². The normalized spacial score (nSPS) is 14.5. The van der Waals surface area contributed by atoms with Crippen LogP contribution in [0.1, 0.15) is 59.9 Å². The molecule has 0 saturated heterocycles. The summed E-state index contributed by atoms with van der Waals surface area (Å²) in [5.74, 6) is 0. The summed E-state index contributed by atoms with van der Waals surface area (Å²) in [6.45, 7) is 14.0. The first-order valence-corrected chi connectivity index (χ1v) is 6.95. The third kappa shape index (κ3) is 4.80. The van der Waals surface area contributed by atoms with Crippen molar-refractivity contribution < 1.29 is 0 Å². The predicted octanol–water partition coefficient (Wildman–Crippen LogP) is 5.22. The first kappa shape index (κ1) is 16.0. The summed E-state index contributed by atoms with van der Waals surface area (Å²) in [5.41, 5.74) is 3.06. The second kappa shape index (κ2) is 8.16. The van der Waals surface area contributed by atoms with Gasteiger partial charge in [-0.15, -0.1) is 0 Å². The van der Waals surface area contributed by atoms with E-state index < -0.39 is 0 Å². The van der Waals surface area contributed by atoms with Crippen molar-refractivity contribution in [2.45, 2.75) is 59.8 Å². The van der Waals surface area contributed by atoms with Crippen molar-refractivity contribution in [1.82, 2.24) is 0 Å². The van der Waals surface area contributed by atoms with Crippen LogP contribution in [0.15, 0.2) is 24.3 Å². The molecule has 1 heteroatoms. The largest absolute Gasteiger partial charge is 0.384 e. The second-order valence-electron chi connectivity index (χ2n) is 4.78. The fourth-order valence-electron chi connectivity index (χ4n) is 1.64. The molecule has 1 heterocycles. The standard InChI is InChI=1S/C10H13N.C4H10.C2H6/c1-10(2)7-11-9-6-4-3-5-8(9)10;1-3-4-2;1-2/h3-6,11H,7H2,1-2H3;3-4H2,1-2H3;1-2H3. The predicted molar refractivity (Wildman–Crippen MR) is 79.9 cm³/mol. The second-order valence-corrected chi connectivity index (χ2v) is 4.78. The quantitative estimate of drug-likeness (QED) is 0.703. The minimum Gasteiger partial charge on any atom is -0.384 e. The van der Waals surface area contributed by atoms with Gasteiger partial charge in [0.25, 0.3) is 0 Å². The molecule has 0 aliphatic carbocycles. The highest BCUT2D eigenvalue weighted by atomic mass is 14.9. The Morgan fingerprint density at radius 3 is 2.06 bits per heavy atom. The number of benzene rings is 1. The molecule has 2 rings (SSSR count). The lowest BCUT2D eigenvalue weighted by Gasteiger charge is -2.16. The van der Waals surface area contributed by atoms with Gasteiger partial charge in [0.1, 0.15) is 0 Å². The SMILES string of the molecule is CC.CC1(C)CNc2ccccc21.CCCC. The van der Waals surface area contributed by atoms with Gasteiger partial charge in [0, 0.05) is 17.6 Å². The Kier molecular flexibility index (Phi) is 7.69. The Hall–Kier alpha value is -0.980. The fraction of sp³-hybridized carbons (Fsp3) is 0.625. The lowest BCUT2D eigenvalue weighted by Crippen LogP contribution is -2.18. The average Bonchev–Trinajstić information content (AvgIpc) is 2.69. The smallest absolute Gasteiger partial charge is 0.0379 e. The summed E-state index contributed by atoms with van der Waals surface area (Å²) in [6.07, 6.45) is 2.64. The monoisotopic (exact) mass is 235 g/mol. The van der Waals surface area contributed by atoms with Crippen LogP contribution in [0.2, 0.25) is 0 Å². The molecule has 17 heavy (non-hydrogen) atoms. The molecule has 98 valence electrons. The van der Waals surface area contributed by atoms with Crippen LogP contribution < -0.4 is 5.32 Å². The van der Waals surface area contributed by atoms with E-state index in [9.17, 15) is 0 Å². The van der Waals surface area contributed by atoms with E-state index in [-0.39, 0.29) is 0 Å². The van der Waals surface area contributed by atoms with Gasteiger partial charge in [0.2, 0.25) is 0 Å². The van der Waals surface area contributed by atoms with Crippen LogP contribution in [0, 0.1) is 0 Å². The summed E-state index contributed by atoms with van der Waals surface area (Å²) in [5, 5.41) is 3.39. The van der Waals surface area contributed by atoms with Crippen molar-refractivity contribution in [2.24, 2.45) is 0 Å². The van der Waals surface area contributed by atoms with Crippen LogP contribution >= 0.6 is 0 Å². The van der Waals surface area contributed by atoms with Crippen molar-refractivity contribution in [3.8, 4) is 0 Å². The van der Waals surface area contributed by atoms with Gasteiger partial charge in [-0.2, -0.15) is 0 Å². The first-order valence-electron chi connectivity index (χ1n) is 6.95. The summed E-state index contributed by atoms with van der Waals surface area (Å²) in [6, 6.07) is 8.53. The van der Waals surface area contributed by atoms with E-state index in [1.165, 1.54) is 24.1 Å². The van der Waals surface area contributed by atoms with Gasteiger partial charge in [-0.3, -0.25) is 0 Å². The Balaban J connectivity index is 0.000000368. The topological polar surface area (TPSA) is 12.0 Å². The highest BCUT2D eigenvalue weighted by Crippen LogP contribution is 2.35. The van der Waals surface area contributed by atoms with Crippen LogP contribution in [0.4, 0.5) is 5.69 Å². The van der Waals surface area contributed by atoms with Crippen molar-refractivity contribution in [3.05, 3.63) is 29.8 Å². The molecule has 0 fully saturated rings. The van der Waals surface area contributed by atoms with Gasteiger partial charge in [-0.25, -0.2) is 0 Å². The van der Waals surface area contributed by atoms with Crippen molar-refractivity contribution in [3.63, 3.8) is 0 Å². The maximum absolute atomic E-state index is 3.39. The lowest BCUT2D eigenvalue weighted by molar-refractivity contribution is 0.586. The molecular weight excluding hydrogens is 206 g/mol. The van der Waals surface area contributed by atoms with Gasteiger partial charge in [0.15, 0.2) is 0 Å². The molecule has 1 N–H and O–H groups in total. The van der Waals surface area contributed by atoms with Gasteiger partial charge in [-0.05, 0) is 11.6 Å². The Morgan fingerprint density at radius 2 is 1.59 bits per heavy atom. The molecule has 1 nitrogen and oxygen atoms in total. The minimum atomic E-state index is 0.316. The molecule has 0 amide bonds. The van der Waals surface area contributed by atoms with E-state index >= 15 is 0 Å². The molecule has 0 atom stereocenters. The van der Waals surface area contributed by atoms with Crippen LogP contribution in [-0.4, -0.2) is 6.54 Å². The first-order chi connectivity index (χ1) is 8.11. The van der Waals surface area contributed by atoms with Crippen molar-refractivity contribution in [2.75, 3.05) is 11.9 Å². The zero-order valence-electron chi connectivity index (χ0n) is 12.4. The number of rotatable bonds is 1. The van der Waals surface area contributed by atoms with Crippen LogP contribution in [0.25, 0.3) is 0 Å². The van der Waals surface area contributed by atoms with E-state index in [0.717, 1.165) is 6.54 Å². The van der Waals surface area contributed by atoms with Gasteiger partial charge in [0.05, 0.1) is 0 Å². The van der Waals surface area contributed by atoms with E-state index in [1.54, 1.807) is 0 Å².